The van der Waals surface area contributed by atoms with Crippen molar-refractivity contribution in [2.45, 2.75) is 6.54 Å². The molecule has 0 spiro atoms. The summed E-state index contributed by atoms with van der Waals surface area (Å²) in [5.74, 6) is 0. The highest BCUT2D eigenvalue weighted by atomic mass is 16.3. The summed E-state index contributed by atoms with van der Waals surface area (Å²) in [5.41, 5.74) is -0.215. The molecule has 0 aliphatic carbocycles. The smallest absolute Gasteiger partial charge is 0.266 e. The first kappa shape index (κ1) is 6.95. The molecule has 1 aromatic heterocycles. The Morgan fingerprint density at radius 2 is 2.60 bits per heavy atom. The lowest BCUT2D eigenvalue weighted by atomic mass is 10.5. The molecule has 0 fully saturated rings. The third-order valence-electron chi connectivity index (χ3n) is 1.05. The van der Waals surface area contributed by atoms with E-state index >= 15 is 0 Å². The van der Waals surface area contributed by atoms with Gasteiger partial charge in [0.25, 0.3) is 5.56 Å². The van der Waals surface area contributed by atoms with Crippen LogP contribution >= 0.6 is 0 Å². The van der Waals surface area contributed by atoms with Crippen molar-refractivity contribution >= 4 is 0 Å². The van der Waals surface area contributed by atoms with Crippen molar-refractivity contribution in [3.8, 4) is 0 Å². The van der Waals surface area contributed by atoms with Gasteiger partial charge in [-0.3, -0.25) is 4.79 Å². The maximum atomic E-state index is 10.8. The number of nitrogens with zero attached hydrogens (tertiary/aromatic N) is 2. The van der Waals surface area contributed by atoms with Crippen molar-refractivity contribution in [1.82, 2.24) is 9.78 Å². The van der Waals surface area contributed by atoms with Crippen LogP contribution in [0, 0.1) is 6.20 Å². The number of aliphatic hydroxyl groups excluding tert-OH is 1. The Hall–Kier alpha value is -1.16. The topological polar surface area (TPSA) is 55.1 Å². The maximum Gasteiger partial charge on any atom is 0.266 e. The van der Waals surface area contributed by atoms with Crippen molar-refractivity contribution < 1.29 is 5.11 Å². The summed E-state index contributed by atoms with van der Waals surface area (Å²) >= 11 is 0. The Morgan fingerprint density at radius 3 is 3.20 bits per heavy atom. The number of hydrogen-bond acceptors (Lipinski definition) is 3. The molecule has 0 saturated heterocycles. The lowest BCUT2D eigenvalue weighted by Crippen LogP contribution is -2.22. The Morgan fingerprint density at radius 1 is 1.80 bits per heavy atom. The quantitative estimate of drug-likeness (QED) is 0.574. The fourth-order valence-corrected chi connectivity index (χ4v) is 0.602. The first-order chi connectivity index (χ1) is 4.84. The van der Waals surface area contributed by atoms with Crippen LogP contribution in [0.1, 0.15) is 0 Å². The van der Waals surface area contributed by atoms with Crippen LogP contribution in [-0.4, -0.2) is 21.5 Å². The van der Waals surface area contributed by atoms with Crippen LogP contribution in [0.4, 0.5) is 0 Å². The molecule has 10 heavy (non-hydrogen) atoms. The minimum absolute atomic E-state index is 0.0786. The van der Waals surface area contributed by atoms with E-state index < -0.39 is 0 Å². The second-order valence-corrected chi connectivity index (χ2v) is 1.75. The van der Waals surface area contributed by atoms with E-state index in [1.807, 2.05) is 0 Å². The molecule has 1 heterocycles. The normalized spacial score (nSPS) is 9.70. The molecule has 0 unspecified atom stereocenters. The number of aromatic nitrogens is 2. The third-order valence-corrected chi connectivity index (χ3v) is 1.05. The van der Waals surface area contributed by atoms with Crippen LogP contribution in [-0.2, 0) is 6.54 Å². The van der Waals surface area contributed by atoms with E-state index in [1.165, 1.54) is 12.1 Å². The summed E-state index contributed by atoms with van der Waals surface area (Å²) < 4.78 is 1.15. The van der Waals surface area contributed by atoms with Gasteiger partial charge < -0.3 is 5.11 Å². The minimum Gasteiger partial charge on any atom is -0.394 e. The molecule has 53 valence electrons. The summed E-state index contributed by atoms with van der Waals surface area (Å²) in [6.45, 7) is 0.154. The van der Waals surface area contributed by atoms with Crippen LogP contribution in [0.5, 0.6) is 0 Å². The summed E-state index contributed by atoms with van der Waals surface area (Å²) in [4.78, 5) is 10.8. The first-order valence-electron chi connectivity index (χ1n) is 2.89. The van der Waals surface area contributed by atoms with Gasteiger partial charge in [0.15, 0.2) is 0 Å². The zero-order valence-corrected chi connectivity index (χ0v) is 5.32. The molecule has 0 amide bonds. The second-order valence-electron chi connectivity index (χ2n) is 1.75. The van der Waals surface area contributed by atoms with Gasteiger partial charge in [0.05, 0.1) is 13.2 Å². The van der Waals surface area contributed by atoms with Gasteiger partial charge in [0.2, 0.25) is 0 Å². The van der Waals surface area contributed by atoms with E-state index in [0.717, 1.165) is 4.68 Å². The van der Waals surface area contributed by atoms with Gasteiger partial charge in [-0.1, -0.05) is 0 Å². The van der Waals surface area contributed by atoms with Gasteiger partial charge in [-0.05, 0) is 6.07 Å². The SMILES string of the molecule is O=c1cc[c]nn1CCO. The van der Waals surface area contributed by atoms with Crippen molar-refractivity contribution in [2.75, 3.05) is 6.61 Å². The van der Waals surface area contributed by atoms with Crippen LogP contribution in [0.25, 0.3) is 0 Å². The average Bonchev–Trinajstić information content (AvgIpc) is 1.94. The molecule has 4 heteroatoms. The van der Waals surface area contributed by atoms with E-state index in [4.69, 9.17) is 5.11 Å². The zero-order chi connectivity index (χ0) is 7.40. The lowest BCUT2D eigenvalue weighted by molar-refractivity contribution is 0.266. The fraction of sp³-hybridized carbons (Fsp3) is 0.333. The molecular formula is C6H7N2O2. The molecule has 0 saturated carbocycles. The summed E-state index contributed by atoms with van der Waals surface area (Å²) in [7, 11) is 0. The number of hydrogen-bond donors (Lipinski definition) is 1. The summed E-state index contributed by atoms with van der Waals surface area (Å²) in [6, 6.07) is 2.79. The van der Waals surface area contributed by atoms with Gasteiger partial charge in [-0.25, -0.2) is 4.68 Å². The average molecular weight is 139 g/mol. The largest absolute Gasteiger partial charge is 0.394 e. The highest BCUT2D eigenvalue weighted by Gasteiger charge is 1.91. The Balaban J connectivity index is 2.92. The van der Waals surface area contributed by atoms with Crippen LogP contribution in [0.15, 0.2) is 16.9 Å². The van der Waals surface area contributed by atoms with E-state index in [1.54, 1.807) is 0 Å². The summed E-state index contributed by atoms with van der Waals surface area (Å²) in [5, 5.41) is 12.0. The first-order valence-corrected chi connectivity index (χ1v) is 2.89. The monoisotopic (exact) mass is 139 g/mol. The maximum absolute atomic E-state index is 10.8. The van der Waals surface area contributed by atoms with Gasteiger partial charge in [0, 0.05) is 6.07 Å². The highest BCUT2D eigenvalue weighted by Crippen LogP contribution is 1.72. The standard InChI is InChI=1S/C6H7N2O2/c9-5-4-8-6(10)2-1-3-7-8/h1-2,9H,4-5H2. The molecule has 1 N–H and O–H groups in total. The molecule has 0 aliphatic heterocycles. The Bertz CT molecular complexity index is 256. The van der Waals surface area contributed by atoms with Crippen LogP contribution < -0.4 is 5.56 Å². The molecule has 1 radical (unpaired) electrons. The predicted octanol–water partition coefficient (Wildman–Crippen LogP) is -0.964. The number of aliphatic hydroxyl groups is 1. The molecular weight excluding hydrogens is 132 g/mol. The van der Waals surface area contributed by atoms with Gasteiger partial charge in [-0.15, -0.1) is 0 Å². The Kier molecular flexibility index (Phi) is 2.17. The second kappa shape index (κ2) is 3.12. The zero-order valence-electron chi connectivity index (χ0n) is 5.32. The fourth-order valence-electron chi connectivity index (χ4n) is 0.602. The molecule has 0 aromatic carbocycles. The summed E-state index contributed by atoms with van der Waals surface area (Å²) in [6.07, 6.45) is 2.49. The third kappa shape index (κ3) is 1.41. The number of rotatable bonds is 2. The van der Waals surface area contributed by atoms with E-state index in [2.05, 4.69) is 11.3 Å². The van der Waals surface area contributed by atoms with Crippen LogP contribution in [0.3, 0.4) is 0 Å². The molecule has 0 bridgehead atoms. The van der Waals surface area contributed by atoms with Crippen molar-refractivity contribution in [3.05, 3.63) is 28.7 Å². The van der Waals surface area contributed by atoms with Gasteiger partial charge in [-0.2, -0.15) is 5.10 Å². The van der Waals surface area contributed by atoms with Crippen LogP contribution in [0.2, 0.25) is 0 Å². The van der Waals surface area contributed by atoms with Gasteiger partial charge in [0.1, 0.15) is 6.20 Å². The molecule has 4 nitrogen and oxygen atoms in total. The lowest BCUT2D eigenvalue weighted by Gasteiger charge is -1.96. The van der Waals surface area contributed by atoms with Gasteiger partial charge >= 0.3 is 0 Å². The van der Waals surface area contributed by atoms with E-state index in [-0.39, 0.29) is 18.7 Å². The Labute approximate surface area is 57.7 Å². The van der Waals surface area contributed by atoms with Crippen molar-refractivity contribution in [2.24, 2.45) is 0 Å². The van der Waals surface area contributed by atoms with Crippen molar-refractivity contribution in [1.29, 1.82) is 0 Å². The molecule has 0 aliphatic rings. The molecule has 1 rings (SSSR count). The molecule has 1 aromatic rings. The predicted molar refractivity (Wildman–Crippen MR) is 34.4 cm³/mol. The minimum atomic E-state index is -0.215. The van der Waals surface area contributed by atoms with E-state index in [9.17, 15) is 4.79 Å². The van der Waals surface area contributed by atoms with Crippen molar-refractivity contribution in [3.63, 3.8) is 0 Å². The van der Waals surface area contributed by atoms with E-state index in [0.29, 0.717) is 0 Å². The highest BCUT2D eigenvalue weighted by molar-refractivity contribution is 4.82. The molecule has 0 atom stereocenters.